The van der Waals surface area contributed by atoms with Gasteiger partial charge in [-0.05, 0) is 19.1 Å². The number of aromatic nitrogens is 1. The summed E-state index contributed by atoms with van der Waals surface area (Å²) in [6.45, 7) is 1.58. The minimum atomic E-state index is -0.484. The highest BCUT2D eigenvalue weighted by molar-refractivity contribution is 5.95. The summed E-state index contributed by atoms with van der Waals surface area (Å²) in [5.41, 5.74) is 6.02. The Bertz CT molecular complexity index is 715. The molecule has 0 spiro atoms. The van der Waals surface area contributed by atoms with Crippen LogP contribution in [0, 0.1) is 17.0 Å². The van der Waals surface area contributed by atoms with E-state index in [1.165, 1.54) is 12.1 Å². The minimum Gasteiger partial charge on any atom is -0.438 e. The van der Waals surface area contributed by atoms with Gasteiger partial charge >= 0.3 is 0 Å². The smallest absolute Gasteiger partial charge is 0.276 e. The first kappa shape index (κ1) is 14.3. The van der Waals surface area contributed by atoms with Gasteiger partial charge in [-0.1, -0.05) is 17.3 Å². The highest BCUT2D eigenvalue weighted by atomic mass is 16.6. The van der Waals surface area contributed by atoms with Crippen LogP contribution in [0.4, 0.5) is 5.69 Å². The van der Waals surface area contributed by atoms with E-state index >= 15 is 0 Å². The maximum atomic E-state index is 10.9. The lowest BCUT2D eigenvalue weighted by molar-refractivity contribution is -0.385. The molecule has 21 heavy (non-hydrogen) atoms. The van der Waals surface area contributed by atoms with Gasteiger partial charge in [0.05, 0.1) is 10.5 Å². The number of hydrogen-bond acceptors (Lipinski definition) is 6. The summed E-state index contributed by atoms with van der Waals surface area (Å²) in [4.78, 5) is 14.4. The van der Waals surface area contributed by atoms with Crippen molar-refractivity contribution in [2.45, 2.75) is 6.92 Å². The molecule has 0 atom stereocenters. The summed E-state index contributed by atoms with van der Waals surface area (Å²) in [5, 5.41) is 22.3. The molecular weight excluding hydrogens is 276 g/mol. The summed E-state index contributed by atoms with van der Waals surface area (Å²) >= 11 is 0. The predicted octanol–water partition coefficient (Wildman–Crippen LogP) is 2.19. The first-order chi connectivity index (χ1) is 10.0. The molecule has 0 aliphatic rings. The van der Waals surface area contributed by atoms with Crippen LogP contribution in [0.2, 0.25) is 0 Å². The van der Waals surface area contributed by atoms with Gasteiger partial charge in [-0.25, -0.2) is 4.98 Å². The van der Waals surface area contributed by atoms with E-state index in [2.05, 4.69) is 10.1 Å². The third-order valence-corrected chi connectivity index (χ3v) is 2.76. The molecule has 0 bridgehead atoms. The topological polar surface area (TPSA) is 124 Å². The largest absolute Gasteiger partial charge is 0.438 e. The van der Waals surface area contributed by atoms with Crippen LogP contribution in [-0.2, 0) is 0 Å². The summed E-state index contributed by atoms with van der Waals surface area (Å²) in [7, 11) is 0. The van der Waals surface area contributed by atoms with Gasteiger partial charge in [0.1, 0.15) is 11.4 Å². The maximum Gasteiger partial charge on any atom is 0.276 e. The van der Waals surface area contributed by atoms with Crippen molar-refractivity contribution in [3.63, 3.8) is 0 Å². The van der Waals surface area contributed by atoms with Gasteiger partial charge in [0.25, 0.3) is 5.69 Å². The minimum absolute atomic E-state index is 0.0416. The van der Waals surface area contributed by atoms with Gasteiger partial charge in [-0.15, -0.1) is 0 Å². The zero-order valence-corrected chi connectivity index (χ0v) is 11.1. The average molecular weight is 288 g/mol. The number of nitro benzene ring substituents is 1. The summed E-state index contributed by atoms with van der Waals surface area (Å²) in [6, 6.07) is 9.23. The lowest BCUT2D eigenvalue weighted by Crippen LogP contribution is -2.14. The molecule has 1 aromatic heterocycles. The molecule has 2 aromatic rings. The molecule has 0 saturated carbocycles. The molecule has 2 rings (SSSR count). The molecule has 3 N–H and O–H groups in total. The fraction of sp³-hybridized carbons (Fsp3) is 0.0769. The SMILES string of the molecule is Cc1c(Oc2cccc(C(N)=NO)n2)cccc1[N+](=O)[O-]. The van der Waals surface area contributed by atoms with E-state index in [9.17, 15) is 10.1 Å². The van der Waals surface area contributed by atoms with Crippen LogP contribution in [0.1, 0.15) is 11.3 Å². The zero-order chi connectivity index (χ0) is 15.4. The van der Waals surface area contributed by atoms with Crippen LogP contribution >= 0.6 is 0 Å². The lowest BCUT2D eigenvalue weighted by atomic mass is 10.2. The van der Waals surface area contributed by atoms with Crippen LogP contribution < -0.4 is 10.5 Å². The van der Waals surface area contributed by atoms with E-state index in [-0.39, 0.29) is 23.1 Å². The highest BCUT2D eigenvalue weighted by Gasteiger charge is 2.15. The average Bonchev–Trinajstić information content (AvgIpc) is 2.48. The lowest BCUT2D eigenvalue weighted by Gasteiger charge is -2.08. The van der Waals surface area contributed by atoms with Crippen LogP contribution in [0.3, 0.4) is 0 Å². The Morgan fingerprint density at radius 3 is 2.76 bits per heavy atom. The van der Waals surface area contributed by atoms with Gasteiger partial charge in [-0.2, -0.15) is 0 Å². The fourth-order valence-electron chi connectivity index (χ4n) is 1.69. The number of pyridine rings is 1. The first-order valence-electron chi connectivity index (χ1n) is 5.89. The van der Waals surface area contributed by atoms with Crippen molar-refractivity contribution < 1.29 is 14.9 Å². The van der Waals surface area contributed by atoms with Gasteiger partial charge in [0.15, 0.2) is 5.84 Å². The van der Waals surface area contributed by atoms with Crippen molar-refractivity contribution in [2.24, 2.45) is 10.9 Å². The third kappa shape index (κ3) is 3.06. The summed E-state index contributed by atoms with van der Waals surface area (Å²) in [6.07, 6.45) is 0. The number of amidine groups is 1. The van der Waals surface area contributed by atoms with Crippen molar-refractivity contribution in [1.29, 1.82) is 0 Å². The molecule has 1 heterocycles. The van der Waals surface area contributed by atoms with E-state index in [0.717, 1.165) is 0 Å². The molecule has 0 radical (unpaired) electrons. The monoisotopic (exact) mass is 288 g/mol. The predicted molar refractivity (Wildman–Crippen MR) is 74.7 cm³/mol. The quantitative estimate of drug-likeness (QED) is 0.292. The highest BCUT2D eigenvalue weighted by Crippen LogP contribution is 2.30. The molecule has 0 unspecified atom stereocenters. The van der Waals surface area contributed by atoms with Crippen LogP contribution in [-0.4, -0.2) is 21.0 Å². The number of benzene rings is 1. The standard InChI is InChI=1S/C13H12N4O4/c1-8-10(17(19)20)5-3-6-11(8)21-12-7-2-4-9(15-12)13(14)16-18/h2-7,18H,1H3,(H2,14,16). The molecule has 8 heteroatoms. The van der Waals surface area contributed by atoms with E-state index in [1.807, 2.05) is 0 Å². The van der Waals surface area contributed by atoms with Crippen LogP contribution in [0.25, 0.3) is 0 Å². The molecule has 0 saturated heterocycles. The molecule has 0 aliphatic heterocycles. The Kier molecular flexibility index (Phi) is 3.98. The Morgan fingerprint density at radius 1 is 1.38 bits per heavy atom. The van der Waals surface area contributed by atoms with Crippen LogP contribution in [0.5, 0.6) is 11.6 Å². The van der Waals surface area contributed by atoms with Crippen molar-refractivity contribution in [3.05, 3.63) is 57.8 Å². The first-order valence-corrected chi connectivity index (χ1v) is 5.89. The van der Waals surface area contributed by atoms with Gasteiger partial charge in [0.2, 0.25) is 5.88 Å². The number of nitrogens with zero attached hydrogens (tertiary/aromatic N) is 3. The van der Waals surface area contributed by atoms with Crippen molar-refractivity contribution >= 4 is 11.5 Å². The molecule has 0 fully saturated rings. The summed E-state index contributed by atoms with van der Waals surface area (Å²) < 4.78 is 5.53. The Labute approximate surface area is 119 Å². The molecule has 1 aromatic carbocycles. The van der Waals surface area contributed by atoms with Crippen molar-refractivity contribution in [3.8, 4) is 11.6 Å². The Hall–Kier alpha value is -3.16. The van der Waals surface area contributed by atoms with Crippen molar-refractivity contribution in [2.75, 3.05) is 0 Å². The second-order valence-corrected chi connectivity index (χ2v) is 4.11. The van der Waals surface area contributed by atoms with Gasteiger partial charge in [-0.3, -0.25) is 10.1 Å². The van der Waals surface area contributed by atoms with E-state index < -0.39 is 4.92 Å². The number of ether oxygens (including phenoxy) is 1. The summed E-state index contributed by atoms with van der Waals surface area (Å²) in [5.74, 6) is 0.340. The number of oxime groups is 1. The number of rotatable bonds is 4. The molecule has 0 amide bonds. The Balaban J connectivity index is 2.35. The van der Waals surface area contributed by atoms with E-state index in [1.54, 1.807) is 31.2 Å². The Morgan fingerprint density at radius 2 is 2.10 bits per heavy atom. The van der Waals surface area contributed by atoms with E-state index in [0.29, 0.717) is 11.3 Å². The zero-order valence-electron chi connectivity index (χ0n) is 11.1. The van der Waals surface area contributed by atoms with Crippen LogP contribution in [0.15, 0.2) is 41.6 Å². The number of hydrogen-bond donors (Lipinski definition) is 2. The molecular formula is C13H12N4O4. The normalized spacial score (nSPS) is 11.2. The maximum absolute atomic E-state index is 10.9. The van der Waals surface area contributed by atoms with Gasteiger partial charge in [0, 0.05) is 12.1 Å². The molecule has 0 aliphatic carbocycles. The second-order valence-electron chi connectivity index (χ2n) is 4.11. The van der Waals surface area contributed by atoms with Gasteiger partial charge < -0.3 is 15.7 Å². The van der Waals surface area contributed by atoms with Crippen molar-refractivity contribution in [1.82, 2.24) is 4.98 Å². The molecule has 108 valence electrons. The second kappa shape index (κ2) is 5.87. The number of nitrogens with two attached hydrogens (primary N) is 1. The number of nitro groups is 1. The third-order valence-electron chi connectivity index (χ3n) is 2.76. The fourth-order valence-corrected chi connectivity index (χ4v) is 1.69. The van der Waals surface area contributed by atoms with E-state index in [4.69, 9.17) is 15.7 Å². The molecule has 8 nitrogen and oxygen atoms in total.